The van der Waals surface area contributed by atoms with Gasteiger partial charge in [-0.2, -0.15) is 0 Å². The molecule has 0 saturated carbocycles. The van der Waals surface area contributed by atoms with E-state index in [1.807, 2.05) is 19.2 Å². The minimum absolute atomic E-state index is 0.570. The molecular weight excluding hydrogens is 186 g/mol. The van der Waals surface area contributed by atoms with Crippen LogP contribution in [0.25, 0.3) is 5.52 Å². The van der Waals surface area contributed by atoms with Crippen LogP contribution in [0.4, 0.5) is 0 Å². The summed E-state index contributed by atoms with van der Waals surface area (Å²) in [5.74, 6) is 1.50. The summed E-state index contributed by atoms with van der Waals surface area (Å²) in [6, 6.07) is 6.33. The van der Waals surface area contributed by atoms with Crippen LogP contribution in [0.15, 0.2) is 30.6 Å². The summed E-state index contributed by atoms with van der Waals surface area (Å²) in [5, 5.41) is 0. The fourth-order valence-electron chi connectivity index (χ4n) is 1.68. The highest BCUT2D eigenvalue weighted by Gasteiger charge is 2.03. The highest BCUT2D eigenvalue weighted by Crippen LogP contribution is 2.21. The summed E-state index contributed by atoms with van der Waals surface area (Å²) >= 11 is 0. The van der Waals surface area contributed by atoms with E-state index in [-0.39, 0.29) is 0 Å². The molecule has 0 spiro atoms. The van der Waals surface area contributed by atoms with Crippen LogP contribution >= 0.6 is 0 Å². The van der Waals surface area contributed by atoms with E-state index in [1.54, 1.807) is 0 Å². The van der Waals surface area contributed by atoms with Gasteiger partial charge in [-0.25, -0.2) is 0 Å². The molecule has 2 heterocycles. The Balaban J connectivity index is 2.43. The van der Waals surface area contributed by atoms with E-state index >= 15 is 0 Å². The Kier molecular flexibility index (Phi) is 2.67. The van der Waals surface area contributed by atoms with Crippen molar-refractivity contribution in [2.24, 2.45) is 0 Å². The highest BCUT2D eigenvalue weighted by atomic mass is 16.5. The summed E-state index contributed by atoms with van der Waals surface area (Å²) < 4.78 is 7.59. The largest absolute Gasteiger partial charge is 0.492 e. The van der Waals surface area contributed by atoms with E-state index in [1.165, 1.54) is 11.1 Å². The third kappa shape index (κ3) is 1.99. The lowest BCUT2D eigenvalue weighted by Gasteiger charge is -2.03. The first-order valence-electron chi connectivity index (χ1n) is 5.45. The third-order valence-corrected chi connectivity index (χ3v) is 2.56. The van der Waals surface area contributed by atoms with Crippen LogP contribution in [0.5, 0.6) is 5.75 Å². The second kappa shape index (κ2) is 3.97. The van der Waals surface area contributed by atoms with Gasteiger partial charge in [0.05, 0.1) is 12.8 Å². The van der Waals surface area contributed by atoms with Gasteiger partial charge in [0, 0.05) is 11.7 Å². The number of pyridine rings is 1. The second-order valence-corrected chi connectivity index (χ2v) is 4.06. The van der Waals surface area contributed by atoms with Crippen LogP contribution in [0, 0.1) is 0 Å². The molecule has 0 aliphatic heterocycles. The SMILES string of the molecule is CCOc1ccc2cc(C(C)C)cn2c1. The summed E-state index contributed by atoms with van der Waals surface area (Å²) in [5.41, 5.74) is 2.59. The van der Waals surface area contributed by atoms with Gasteiger partial charge in [0.25, 0.3) is 0 Å². The molecule has 2 nitrogen and oxygen atoms in total. The molecule has 2 heteroatoms. The van der Waals surface area contributed by atoms with E-state index in [0.29, 0.717) is 12.5 Å². The number of ether oxygens (including phenoxy) is 1. The molecule has 2 aromatic rings. The Morgan fingerprint density at radius 1 is 1.27 bits per heavy atom. The van der Waals surface area contributed by atoms with Gasteiger partial charge >= 0.3 is 0 Å². The third-order valence-electron chi connectivity index (χ3n) is 2.56. The molecule has 0 aliphatic rings. The first-order chi connectivity index (χ1) is 7.20. The Hall–Kier alpha value is -1.44. The zero-order chi connectivity index (χ0) is 10.8. The standard InChI is InChI=1S/C13H17NO/c1-4-15-13-6-5-12-7-11(10(2)3)8-14(12)9-13/h5-10H,4H2,1-3H3. The zero-order valence-corrected chi connectivity index (χ0v) is 9.53. The van der Waals surface area contributed by atoms with Crippen LogP contribution in [0.2, 0.25) is 0 Å². The van der Waals surface area contributed by atoms with E-state index in [2.05, 4.69) is 36.6 Å². The summed E-state index contributed by atoms with van der Waals surface area (Å²) in [6.07, 6.45) is 4.20. The van der Waals surface area contributed by atoms with Crippen LogP contribution in [-0.4, -0.2) is 11.0 Å². The fourth-order valence-corrected chi connectivity index (χ4v) is 1.68. The maximum Gasteiger partial charge on any atom is 0.135 e. The van der Waals surface area contributed by atoms with Gasteiger partial charge in [0.15, 0.2) is 0 Å². The molecule has 0 radical (unpaired) electrons. The number of rotatable bonds is 3. The molecule has 80 valence electrons. The zero-order valence-electron chi connectivity index (χ0n) is 9.53. The first kappa shape index (κ1) is 10.1. The van der Waals surface area contributed by atoms with Crippen molar-refractivity contribution >= 4 is 5.52 Å². The number of aromatic nitrogens is 1. The van der Waals surface area contributed by atoms with Gasteiger partial charge in [0.1, 0.15) is 5.75 Å². The summed E-state index contributed by atoms with van der Waals surface area (Å²) in [7, 11) is 0. The normalized spacial score (nSPS) is 11.2. The lowest BCUT2D eigenvalue weighted by Crippen LogP contribution is -1.92. The Bertz CT molecular complexity index is 457. The van der Waals surface area contributed by atoms with Crippen LogP contribution in [-0.2, 0) is 0 Å². The monoisotopic (exact) mass is 203 g/mol. The number of hydrogen-bond acceptors (Lipinski definition) is 1. The molecule has 0 aromatic carbocycles. The fraction of sp³-hybridized carbons (Fsp3) is 0.385. The highest BCUT2D eigenvalue weighted by molar-refractivity contribution is 5.52. The van der Waals surface area contributed by atoms with Crippen molar-refractivity contribution in [1.29, 1.82) is 0 Å². The van der Waals surface area contributed by atoms with Crippen molar-refractivity contribution in [2.45, 2.75) is 26.7 Å². The van der Waals surface area contributed by atoms with Crippen molar-refractivity contribution in [2.75, 3.05) is 6.61 Å². The average molecular weight is 203 g/mol. The second-order valence-electron chi connectivity index (χ2n) is 4.06. The van der Waals surface area contributed by atoms with Crippen molar-refractivity contribution in [3.05, 3.63) is 36.2 Å². The number of fused-ring (bicyclic) bond motifs is 1. The van der Waals surface area contributed by atoms with Crippen LogP contribution in [0.3, 0.4) is 0 Å². The number of hydrogen-bond donors (Lipinski definition) is 0. The molecule has 0 fully saturated rings. The van der Waals surface area contributed by atoms with Gasteiger partial charge in [0.2, 0.25) is 0 Å². The van der Waals surface area contributed by atoms with Crippen LogP contribution < -0.4 is 4.74 Å². The van der Waals surface area contributed by atoms with Crippen LogP contribution in [0.1, 0.15) is 32.3 Å². The Labute approximate surface area is 90.5 Å². The predicted molar refractivity (Wildman–Crippen MR) is 62.7 cm³/mol. The lowest BCUT2D eigenvalue weighted by molar-refractivity contribution is 0.338. The van der Waals surface area contributed by atoms with Crippen molar-refractivity contribution in [3.63, 3.8) is 0 Å². The van der Waals surface area contributed by atoms with E-state index in [4.69, 9.17) is 4.74 Å². The van der Waals surface area contributed by atoms with E-state index in [9.17, 15) is 0 Å². The number of nitrogens with zero attached hydrogens (tertiary/aromatic N) is 1. The molecule has 0 saturated heterocycles. The predicted octanol–water partition coefficient (Wildman–Crippen LogP) is 3.46. The Morgan fingerprint density at radius 2 is 2.07 bits per heavy atom. The van der Waals surface area contributed by atoms with Gasteiger partial charge in [-0.05, 0) is 36.6 Å². The maximum atomic E-state index is 5.46. The first-order valence-corrected chi connectivity index (χ1v) is 5.45. The van der Waals surface area contributed by atoms with Gasteiger partial charge in [-0.15, -0.1) is 0 Å². The molecule has 2 aromatic heterocycles. The summed E-state index contributed by atoms with van der Waals surface area (Å²) in [4.78, 5) is 0. The molecule has 0 aliphatic carbocycles. The Morgan fingerprint density at radius 3 is 2.73 bits per heavy atom. The van der Waals surface area contributed by atoms with Crippen molar-refractivity contribution in [1.82, 2.24) is 4.40 Å². The van der Waals surface area contributed by atoms with E-state index < -0.39 is 0 Å². The minimum Gasteiger partial charge on any atom is -0.492 e. The van der Waals surface area contributed by atoms with E-state index in [0.717, 1.165) is 5.75 Å². The lowest BCUT2D eigenvalue weighted by atomic mass is 10.1. The molecule has 15 heavy (non-hydrogen) atoms. The van der Waals surface area contributed by atoms with Crippen molar-refractivity contribution in [3.8, 4) is 5.75 Å². The molecule has 2 rings (SSSR count). The maximum absolute atomic E-state index is 5.46. The van der Waals surface area contributed by atoms with Crippen molar-refractivity contribution < 1.29 is 4.74 Å². The summed E-state index contributed by atoms with van der Waals surface area (Å²) in [6.45, 7) is 7.12. The molecule has 0 bridgehead atoms. The van der Waals surface area contributed by atoms with Gasteiger partial charge in [-0.1, -0.05) is 13.8 Å². The molecule has 0 N–H and O–H groups in total. The topological polar surface area (TPSA) is 13.6 Å². The quantitative estimate of drug-likeness (QED) is 0.744. The molecule has 0 atom stereocenters. The van der Waals surface area contributed by atoms with Gasteiger partial charge in [-0.3, -0.25) is 0 Å². The molecular formula is C13H17NO. The van der Waals surface area contributed by atoms with Gasteiger partial charge < -0.3 is 9.14 Å². The molecule has 0 unspecified atom stereocenters. The average Bonchev–Trinajstić information content (AvgIpc) is 2.61. The molecule has 0 amide bonds. The minimum atomic E-state index is 0.570. The smallest absolute Gasteiger partial charge is 0.135 e.